The maximum atomic E-state index is 13.6. The number of halogens is 1. The van der Waals surface area contributed by atoms with Crippen LogP contribution in [0.25, 0.3) is 0 Å². The first-order valence-corrected chi connectivity index (χ1v) is 7.27. The van der Waals surface area contributed by atoms with Crippen LogP contribution >= 0.6 is 0 Å². The molecule has 1 rings (SSSR count). The van der Waals surface area contributed by atoms with Gasteiger partial charge in [0.05, 0.1) is 7.11 Å². The van der Waals surface area contributed by atoms with Gasteiger partial charge < -0.3 is 10.1 Å². The second-order valence-electron chi connectivity index (χ2n) is 4.98. The molecule has 0 amide bonds. The van der Waals surface area contributed by atoms with Crippen LogP contribution in [0.2, 0.25) is 0 Å². The van der Waals surface area contributed by atoms with Crippen molar-refractivity contribution >= 4 is 0 Å². The lowest BCUT2D eigenvalue weighted by Crippen LogP contribution is -2.28. The van der Waals surface area contributed by atoms with E-state index in [1.807, 2.05) is 6.07 Å². The lowest BCUT2D eigenvalue weighted by atomic mass is 10.0. The van der Waals surface area contributed by atoms with Crippen LogP contribution in [0.4, 0.5) is 4.39 Å². The predicted molar refractivity (Wildman–Crippen MR) is 78.0 cm³/mol. The molecule has 0 fully saturated rings. The van der Waals surface area contributed by atoms with Gasteiger partial charge in [0.2, 0.25) is 0 Å². The number of hydrogen-bond acceptors (Lipinski definition) is 2. The van der Waals surface area contributed by atoms with E-state index in [1.165, 1.54) is 39.2 Å². The fourth-order valence-electron chi connectivity index (χ4n) is 2.23. The van der Waals surface area contributed by atoms with Gasteiger partial charge in [-0.3, -0.25) is 0 Å². The molecule has 0 aliphatic heterocycles. The Hall–Kier alpha value is -1.09. The molecular weight excluding hydrogens is 241 g/mol. The molecule has 19 heavy (non-hydrogen) atoms. The molecule has 3 heteroatoms. The summed E-state index contributed by atoms with van der Waals surface area (Å²) in [4.78, 5) is 0. The van der Waals surface area contributed by atoms with Crippen LogP contribution in [0.15, 0.2) is 18.2 Å². The minimum Gasteiger partial charge on any atom is -0.494 e. The van der Waals surface area contributed by atoms with Crippen LogP contribution in [-0.2, 0) is 6.54 Å². The van der Waals surface area contributed by atoms with Crippen LogP contribution in [0.3, 0.4) is 0 Å². The van der Waals surface area contributed by atoms with E-state index in [0.29, 0.717) is 11.8 Å². The van der Waals surface area contributed by atoms with Gasteiger partial charge in [-0.2, -0.15) is 0 Å². The molecule has 0 spiro atoms. The Morgan fingerprint density at radius 1 is 1.21 bits per heavy atom. The van der Waals surface area contributed by atoms with Crippen molar-refractivity contribution in [3.8, 4) is 5.75 Å². The minimum atomic E-state index is -0.289. The van der Waals surface area contributed by atoms with Crippen LogP contribution in [0, 0.1) is 5.82 Å². The third-order valence-corrected chi connectivity index (χ3v) is 3.35. The molecular formula is C16H26FNO. The Morgan fingerprint density at radius 3 is 2.58 bits per heavy atom. The summed E-state index contributed by atoms with van der Waals surface area (Å²) in [6, 6.07) is 5.69. The lowest BCUT2D eigenvalue weighted by Gasteiger charge is -2.18. The highest BCUT2D eigenvalue weighted by molar-refractivity contribution is 5.29. The Labute approximate surface area is 116 Å². The molecule has 1 N–H and O–H groups in total. The van der Waals surface area contributed by atoms with Crippen molar-refractivity contribution in [2.75, 3.05) is 7.11 Å². The summed E-state index contributed by atoms with van der Waals surface area (Å²) in [6.07, 6.45) is 6.02. The maximum Gasteiger partial charge on any atom is 0.165 e. The van der Waals surface area contributed by atoms with Gasteiger partial charge in [-0.05, 0) is 30.5 Å². The number of ether oxygens (including phenoxy) is 1. The number of nitrogens with one attached hydrogen (secondary N) is 1. The van der Waals surface area contributed by atoms with Crippen LogP contribution in [-0.4, -0.2) is 13.2 Å². The molecule has 0 saturated heterocycles. The van der Waals surface area contributed by atoms with Crippen LogP contribution < -0.4 is 10.1 Å². The van der Waals surface area contributed by atoms with E-state index in [-0.39, 0.29) is 5.82 Å². The first kappa shape index (κ1) is 16.0. The summed E-state index contributed by atoms with van der Waals surface area (Å²) in [7, 11) is 1.48. The first-order valence-electron chi connectivity index (χ1n) is 7.27. The lowest BCUT2D eigenvalue weighted by molar-refractivity contribution is 0.385. The normalized spacial score (nSPS) is 12.4. The summed E-state index contributed by atoms with van der Waals surface area (Å²) in [6.45, 7) is 5.13. The molecule has 1 atom stereocenters. The number of unbranched alkanes of at least 4 members (excludes halogenated alkanes) is 1. The first-order chi connectivity index (χ1) is 9.21. The SMILES string of the molecule is CCCCC(CCC)NCc1ccc(OC)c(F)c1. The Balaban J connectivity index is 2.50. The zero-order valence-corrected chi connectivity index (χ0v) is 12.3. The van der Waals surface area contributed by atoms with Crippen LogP contribution in [0.1, 0.15) is 51.5 Å². The minimum absolute atomic E-state index is 0.289. The summed E-state index contributed by atoms with van der Waals surface area (Å²) < 4.78 is 18.5. The van der Waals surface area contributed by atoms with Crippen molar-refractivity contribution in [2.24, 2.45) is 0 Å². The average molecular weight is 267 g/mol. The van der Waals surface area contributed by atoms with Crippen molar-refractivity contribution < 1.29 is 9.13 Å². The molecule has 0 aliphatic rings. The maximum absolute atomic E-state index is 13.6. The largest absolute Gasteiger partial charge is 0.494 e. The van der Waals surface area contributed by atoms with Crippen molar-refractivity contribution in [2.45, 2.75) is 58.5 Å². The van der Waals surface area contributed by atoms with Crippen molar-refractivity contribution in [3.63, 3.8) is 0 Å². The second-order valence-corrected chi connectivity index (χ2v) is 4.98. The van der Waals surface area contributed by atoms with Crippen molar-refractivity contribution in [3.05, 3.63) is 29.6 Å². The molecule has 0 saturated carbocycles. The van der Waals surface area contributed by atoms with Gasteiger partial charge in [-0.25, -0.2) is 4.39 Å². The topological polar surface area (TPSA) is 21.3 Å². The smallest absolute Gasteiger partial charge is 0.165 e. The molecule has 1 aromatic rings. The summed E-state index contributed by atoms with van der Waals surface area (Å²) in [5.41, 5.74) is 0.968. The standard InChI is InChI=1S/C16H26FNO/c1-4-6-8-14(7-5-2)18-12-13-9-10-16(19-3)15(17)11-13/h9-11,14,18H,4-8,12H2,1-3H3. The second kappa shape index (κ2) is 8.92. The van der Waals surface area contributed by atoms with E-state index in [0.717, 1.165) is 12.1 Å². The zero-order valence-electron chi connectivity index (χ0n) is 12.3. The molecule has 0 heterocycles. The molecule has 1 unspecified atom stereocenters. The van der Waals surface area contributed by atoms with Gasteiger partial charge in [-0.15, -0.1) is 0 Å². The molecule has 2 nitrogen and oxygen atoms in total. The van der Waals surface area contributed by atoms with Gasteiger partial charge in [0.25, 0.3) is 0 Å². The summed E-state index contributed by atoms with van der Waals surface area (Å²) >= 11 is 0. The van der Waals surface area contributed by atoms with E-state index in [9.17, 15) is 4.39 Å². The summed E-state index contributed by atoms with van der Waals surface area (Å²) in [5, 5.41) is 3.53. The third-order valence-electron chi connectivity index (χ3n) is 3.35. The fraction of sp³-hybridized carbons (Fsp3) is 0.625. The highest BCUT2D eigenvalue weighted by Gasteiger charge is 2.08. The van der Waals surface area contributed by atoms with Crippen molar-refractivity contribution in [1.29, 1.82) is 0 Å². The molecule has 1 aromatic carbocycles. The van der Waals surface area contributed by atoms with Crippen LogP contribution in [0.5, 0.6) is 5.75 Å². The van der Waals surface area contributed by atoms with E-state index >= 15 is 0 Å². The van der Waals surface area contributed by atoms with Gasteiger partial charge in [-0.1, -0.05) is 39.2 Å². The van der Waals surface area contributed by atoms with Gasteiger partial charge in [0.15, 0.2) is 11.6 Å². The number of benzene rings is 1. The monoisotopic (exact) mass is 267 g/mol. The Bertz CT molecular complexity index is 368. The predicted octanol–water partition coefficient (Wildman–Crippen LogP) is 4.28. The van der Waals surface area contributed by atoms with Gasteiger partial charge >= 0.3 is 0 Å². The quantitative estimate of drug-likeness (QED) is 0.721. The van der Waals surface area contributed by atoms with Crippen molar-refractivity contribution in [1.82, 2.24) is 5.32 Å². The Morgan fingerprint density at radius 2 is 2.00 bits per heavy atom. The zero-order chi connectivity index (χ0) is 14.1. The third kappa shape index (κ3) is 5.60. The number of rotatable bonds is 9. The van der Waals surface area contributed by atoms with E-state index in [2.05, 4.69) is 19.2 Å². The summed E-state index contributed by atoms with van der Waals surface area (Å²) in [5.74, 6) is 0.0160. The molecule has 0 radical (unpaired) electrons. The van der Waals surface area contributed by atoms with E-state index in [4.69, 9.17) is 4.74 Å². The molecule has 0 bridgehead atoms. The Kier molecular flexibility index (Phi) is 7.49. The highest BCUT2D eigenvalue weighted by atomic mass is 19.1. The van der Waals surface area contributed by atoms with E-state index < -0.39 is 0 Å². The average Bonchev–Trinajstić information content (AvgIpc) is 2.42. The van der Waals surface area contributed by atoms with E-state index in [1.54, 1.807) is 12.1 Å². The number of methoxy groups -OCH3 is 1. The molecule has 0 aromatic heterocycles. The highest BCUT2D eigenvalue weighted by Crippen LogP contribution is 2.18. The molecule has 0 aliphatic carbocycles. The molecule has 108 valence electrons. The fourth-order valence-corrected chi connectivity index (χ4v) is 2.23. The van der Waals surface area contributed by atoms with Gasteiger partial charge in [0.1, 0.15) is 0 Å². The van der Waals surface area contributed by atoms with Gasteiger partial charge in [0, 0.05) is 12.6 Å². The number of hydrogen-bond donors (Lipinski definition) is 1.